The third kappa shape index (κ3) is 3.56. The van der Waals surface area contributed by atoms with Gasteiger partial charge in [0.2, 0.25) is 5.79 Å². The van der Waals surface area contributed by atoms with Crippen LogP contribution in [0.5, 0.6) is 5.75 Å². The van der Waals surface area contributed by atoms with E-state index in [0.717, 1.165) is 31.4 Å². The fourth-order valence-corrected chi connectivity index (χ4v) is 4.47. The first-order chi connectivity index (χ1) is 11.2. The maximum atomic E-state index is 10.6. The van der Waals surface area contributed by atoms with Gasteiger partial charge in [0.25, 0.3) is 0 Å². The van der Waals surface area contributed by atoms with E-state index in [-0.39, 0.29) is 11.1 Å². The van der Waals surface area contributed by atoms with Crippen LogP contribution in [0, 0.1) is 0 Å². The summed E-state index contributed by atoms with van der Waals surface area (Å²) in [6, 6.07) is 8.32. The molecule has 1 atom stereocenters. The van der Waals surface area contributed by atoms with Crippen LogP contribution in [-0.4, -0.2) is 18.9 Å². The van der Waals surface area contributed by atoms with Gasteiger partial charge in [-0.05, 0) is 49.9 Å². The Morgan fingerprint density at radius 1 is 1.17 bits per heavy atom. The molecule has 134 valence electrons. The van der Waals surface area contributed by atoms with Crippen LogP contribution in [0.25, 0.3) is 0 Å². The van der Waals surface area contributed by atoms with Crippen molar-refractivity contribution in [2.75, 3.05) is 0 Å². The van der Waals surface area contributed by atoms with Crippen LogP contribution in [0.4, 0.5) is 0 Å². The van der Waals surface area contributed by atoms with Crippen LogP contribution in [0.15, 0.2) is 24.3 Å². The monoisotopic (exact) mass is 348 g/mol. The summed E-state index contributed by atoms with van der Waals surface area (Å²) in [7, 11) is -2.20. The van der Waals surface area contributed by atoms with Crippen LogP contribution >= 0.6 is 0 Å². The largest absolute Gasteiger partial charge is 0.462 e. The Hall–Kier alpha value is -0.843. The van der Waals surface area contributed by atoms with Gasteiger partial charge in [0.1, 0.15) is 5.75 Å². The molecule has 1 aromatic rings. The summed E-state index contributed by atoms with van der Waals surface area (Å²) in [4.78, 5) is 10.6. The fourth-order valence-electron chi connectivity index (χ4n) is 3.71. The van der Waals surface area contributed by atoms with Gasteiger partial charge in [0.15, 0.2) is 8.32 Å². The normalized spacial score (nSPS) is 23.6. The Balaban J connectivity index is 1.81. The van der Waals surface area contributed by atoms with Crippen molar-refractivity contribution in [3.05, 3.63) is 29.8 Å². The summed E-state index contributed by atoms with van der Waals surface area (Å²) in [5, 5.41) is -0.0245. The van der Waals surface area contributed by atoms with Gasteiger partial charge in [-0.25, -0.2) is 0 Å². The topological polar surface area (TPSA) is 38.7 Å². The van der Waals surface area contributed by atoms with E-state index < -0.39 is 14.1 Å². The van der Waals surface area contributed by atoms with E-state index in [9.17, 15) is 4.80 Å². The number of ether oxygens (including phenoxy) is 2. The molecule has 1 saturated carbocycles. The summed E-state index contributed by atoms with van der Waals surface area (Å²) in [5.41, 5.74) is 1.17. The summed E-state index contributed by atoms with van der Waals surface area (Å²) in [5.74, 6) is 0.571. The zero-order valence-electron chi connectivity index (χ0n) is 15.6. The minimum absolute atomic E-state index is 0.0245. The van der Waals surface area contributed by atoms with Crippen LogP contribution in [0.2, 0.25) is 18.1 Å². The zero-order chi connectivity index (χ0) is 17.4. The molecule has 3 rings (SSSR count). The molecule has 0 radical (unpaired) electrons. The molecule has 1 spiro atoms. The lowest BCUT2D eigenvalue weighted by Gasteiger charge is -2.45. The van der Waals surface area contributed by atoms with Gasteiger partial charge in [0, 0.05) is 18.4 Å². The number of fused-ring (bicyclic) bond motifs is 1. The zero-order valence-corrected chi connectivity index (χ0v) is 16.6. The molecular formula is C20H32O3Si. The first-order valence-electron chi connectivity index (χ1n) is 9.41. The summed E-state index contributed by atoms with van der Waals surface area (Å²) in [6.07, 6.45) is 7.59. The van der Waals surface area contributed by atoms with Gasteiger partial charge >= 0.3 is 0 Å². The molecule has 2 aliphatic rings. The maximum absolute atomic E-state index is 10.6. The molecule has 1 unspecified atom stereocenters. The highest BCUT2D eigenvalue weighted by Gasteiger charge is 2.44. The van der Waals surface area contributed by atoms with Crippen molar-refractivity contribution in [2.24, 2.45) is 0 Å². The lowest BCUT2D eigenvalue weighted by molar-refractivity contribution is -0.246. The van der Waals surface area contributed by atoms with Gasteiger partial charge in [-0.3, -0.25) is 0 Å². The Labute approximate surface area is 147 Å². The summed E-state index contributed by atoms with van der Waals surface area (Å²) >= 11 is 0. The number of benzene rings is 1. The SMILES string of the molecule is CC(C)(CCC1OC2(CCCCC2)Oc2ccccc21)[Si](C)(C)O. The highest BCUT2D eigenvalue weighted by Crippen LogP contribution is 2.49. The molecule has 0 amide bonds. The molecule has 1 N–H and O–H groups in total. The van der Waals surface area contributed by atoms with Gasteiger partial charge in [0.05, 0.1) is 6.10 Å². The van der Waals surface area contributed by atoms with Crippen molar-refractivity contribution in [2.45, 2.75) is 88.8 Å². The first-order valence-corrected chi connectivity index (χ1v) is 12.4. The predicted octanol–water partition coefficient (Wildman–Crippen LogP) is 5.55. The highest BCUT2D eigenvalue weighted by atomic mass is 28.4. The molecular weight excluding hydrogens is 316 g/mol. The van der Waals surface area contributed by atoms with Crippen molar-refractivity contribution in [3.63, 3.8) is 0 Å². The van der Waals surface area contributed by atoms with Crippen LogP contribution in [-0.2, 0) is 4.74 Å². The number of hydrogen-bond acceptors (Lipinski definition) is 3. The Morgan fingerprint density at radius 2 is 1.83 bits per heavy atom. The van der Waals surface area contributed by atoms with E-state index in [0.29, 0.717) is 0 Å². The predicted molar refractivity (Wildman–Crippen MR) is 99.7 cm³/mol. The standard InChI is InChI=1S/C20H32O3Si/c1-19(2,24(3,4)21)15-12-18-16-10-6-7-11-17(16)22-20(23-18)13-8-5-9-14-20/h6-7,10-11,18,21H,5,8-9,12-15H2,1-4H3. The second-order valence-electron chi connectivity index (χ2n) is 8.70. The quantitative estimate of drug-likeness (QED) is 0.724. The van der Waals surface area contributed by atoms with Crippen LogP contribution in [0.3, 0.4) is 0 Å². The Kier molecular flexibility index (Phi) is 4.84. The first kappa shape index (κ1) is 18.0. The molecule has 1 aliphatic heterocycles. The minimum atomic E-state index is -2.20. The second-order valence-corrected chi connectivity index (χ2v) is 13.2. The molecule has 3 nitrogen and oxygen atoms in total. The van der Waals surface area contributed by atoms with Crippen molar-refractivity contribution in [1.29, 1.82) is 0 Å². The maximum Gasteiger partial charge on any atom is 0.211 e. The molecule has 0 aromatic heterocycles. The van der Waals surface area contributed by atoms with Crippen molar-refractivity contribution in [1.82, 2.24) is 0 Å². The minimum Gasteiger partial charge on any atom is -0.462 e. The van der Waals surface area contributed by atoms with Gasteiger partial charge in [-0.1, -0.05) is 38.5 Å². The number of hydrogen-bond donors (Lipinski definition) is 1. The number of rotatable bonds is 4. The summed E-state index contributed by atoms with van der Waals surface area (Å²) < 4.78 is 12.9. The summed E-state index contributed by atoms with van der Waals surface area (Å²) in [6.45, 7) is 8.46. The molecule has 0 saturated heterocycles. The lowest BCUT2D eigenvalue weighted by Crippen LogP contribution is -2.45. The van der Waals surface area contributed by atoms with E-state index in [1.807, 2.05) is 19.2 Å². The lowest BCUT2D eigenvalue weighted by atomic mass is 9.90. The second kappa shape index (κ2) is 6.47. The molecule has 1 aliphatic carbocycles. The average molecular weight is 349 g/mol. The van der Waals surface area contributed by atoms with E-state index in [1.54, 1.807) is 0 Å². The van der Waals surface area contributed by atoms with E-state index in [1.165, 1.54) is 24.8 Å². The van der Waals surface area contributed by atoms with Crippen molar-refractivity contribution < 1.29 is 14.3 Å². The van der Waals surface area contributed by atoms with Gasteiger partial charge in [-0.2, -0.15) is 0 Å². The van der Waals surface area contributed by atoms with Gasteiger partial charge in [-0.15, -0.1) is 0 Å². The Morgan fingerprint density at radius 3 is 2.50 bits per heavy atom. The van der Waals surface area contributed by atoms with E-state index in [4.69, 9.17) is 9.47 Å². The van der Waals surface area contributed by atoms with Crippen molar-refractivity contribution in [3.8, 4) is 5.75 Å². The van der Waals surface area contributed by atoms with E-state index in [2.05, 4.69) is 32.0 Å². The van der Waals surface area contributed by atoms with Crippen molar-refractivity contribution >= 4 is 8.32 Å². The van der Waals surface area contributed by atoms with Gasteiger partial charge < -0.3 is 14.3 Å². The molecule has 1 heterocycles. The molecule has 0 bridgehead atoms. The molecule has 4 heteroatoms. The Bertz CT molecular complexity index is 570. The third-order valence-corrected chi connectivity index (χ3v) is 9.78. The molecule has 24 heavy (non-hydrogen) atoms. The van der Waals surface area contributed by atoms with E-state index >= 15 is 0 Å². The highest BCUT2D eigenvalue weighted by molar-refractivity contribution is 6.72. The average Bonchev–Trinajstić information content (AvgIpc) is 2.52. The fraction of sp³-hybridized carbons (Fsp3) is 0.700. The molecule has 1 aromatic carbocycles. The molecule has 1 fully saturated rings. The van der Waals surface area contributed by atoms with Crippen LogP contribution < -0.4 is 4.74 Å². The third-order valence-electron chi connectivity index (χ3n) is 6.22. The van der Waals surface area contributed by atoms with Crippen LogP contribution in [0.1, 0.15) is 70.5 Å². The number of para-hydroxylation sites is 1. The smallest absolute Gasteiger partial charge is 0.211 e.